The molecule has 0 aromatic heterocycles. The van der Waals surface area contributed by atoms with Gasteiger partial charge in [-0.25, -0.2) is 0 Å². The molecule has 2 nitrogen and oxygen atoms in total. The van der Waals surface area contributed by atoms with Crippen molar-refractivity contribution in [3.63, 3.8) is 0 Å². The number of hydrogen-bond acceptors (Lipinski definition) is 1. The average Bonchev–Trinajstić information content (AvgIpc) is 2.27. The molecule has 0 radical (unpaired) electrons. The summed E-state index contributed by atoms with van der Waals surface area (Å²) in [6.45, 7) is 0. The third kappa shape index (κ3) is 5.72. The summed E-state index contributed by atoms with van der Waals surface area (Å²) in [4.78, 5) is 11.2. The first-order valence-electron chi connectivity index (χ1n) is 4.92. The van der Waals surface area contributed by atoms with Crippen molar-refractivity contribution < 1.29 is 18.0 Å². The summed E-state index contributed by atoms with van der Waals surface area (Å²) in [5, 5.41) is 3.10. The number of benzene rings is 1. The van der Waals surface area contributed by atoms with Crippen LogP contribution in [0.1, 0.15) is 18.4 Å². The zero-order chi connectivity index (χ0) is 12.9. The van der Waals surface area contributed by atoms with Crippen LogP contribution in [0.3, 0.4) is 0 Å². The second kappa shape index (κ2) is 6.05. The van der Waals surface area contributed by atoms with E-state index in [0.29, 0.717) is 11.0 Å². The van der Waals surface area contributed by atoms with Gasteiger partial charge in [0.25, 0.3) is 0 Å². The van der Waals surface area contributed by atoms with E-state index in [2.05, 4.69) is 21.2 Å². The van der Waals surface area contributed by atoms with Crippen LogP contribution in [-0.4, -0.2) is 12.1 Å². The Morgan fingerprint density at radius 3 is 2.29 bits per heavy atom. The van der Waals surface area contributed by atoms with Crippen molar-refractivity contribution in [2.45, 2.75) is 24.3 Å². The van der Waals surface area contributed by atoms with E-state index in [4.69, 9.17) is 0 Å². The highest BCUT2D eigenvalue weighted by Gasteiger charge is 2.27. The van der Waals surface area contributed by atoms with Crippen molar-refractivity contribution in [2.75, 3.05) is 5.32 Å². The number of alkyl halides is 4. The minimum Gasteiger partial charge on any atom is -0.326 e. The van der Waals surface area contributed by atoms with E-state index in [1.807, 2.05) is 0 Å². The van der Waals surface area contributed by atoms with Gasteiger partial charge in [-0.15, -0.1) is 0 Å². The second-order valence-corrected chi connectivity index (χ2v) is 4.05. The zero-order valence-electron chi connectivity index (χ0n) is 8.85. The van der Waals surface area contributed by atoms with E-state index in [1.165, 1.54) is 0 Å². The highest BCUT2D eigenvalue weighted by Crippen LogP contribution is 2.21. The minimum absolute atomic E-state index is 0.502. The molecule has 17 heavy (non-hydrogen) atoms. The van der Waals surface area contributed by atoms with Gasteiger partial charge in [0.1, 0.15) is 0 Å². The van der Waals surface area contributed by atoms with Crippen LogP contribution in [0.4, 0.5) is 18.9 Å². The van der Waals surface area contributed by atoms with Gasteiger partial charge in [0.05, 0.1) is 6.42 Å². The van der Waals surface area contributed by atoms with Gasteiger partial charge >= 0.3 is 6.18 Å². The number of halogens is 4. The van der Waals surface area contributed by atoms with Crippen LogP contribution in [0.5, 0.6) is 0 Å². The highest BCUT2D eigenvalue weighted by atomic mass is 79.9. The van der Waals surface area contributed by atoms with Crippen LogP contribution < -0.4 is 5.32 Å². The van der Waals surface area contributed by atoms with Gasteiger partial charge in [0.15, 0.2) is 0 Å². The molecule has 0 heterocycles. The van der Waals surface area contributed by atoms with Gasteiger partial charge < -0.3 is 5.32 Å². The van der Waals surface area contributed by atoms with E-state index >= 15 is 0 Å². The third-order valence-corrected chi connectivity index (χ3v) is 2.68. The molecular formula is C11H11BrF3NO. The van der Waals surface area contributed by atoms with Crippen molar-refractivity contribution in [1.82, 2.24) is 0 Å². The molecule has 6 heteroatoms. The molecule has 0 spiro atoms. The van der Waals surface area contributed by atoms with Crippen LogP contribution in [0.15, 0.2) is 24.3 Å². The van der Waals surface area contributed by atoms with E-state index < -0.39 is 24.9 Å². The molecular weight excluding hydrogens is 299 g/mol. The highest BCUT2D eigenvalue weighted by molar-refractivity contribution is 9.08. The Morgan fingerprint density at radius 2 is 1.82 bits per heavy atom. The topological polar surface area (TPSA) is 29.1 Å². The van der Waals surface area contributed by atoms with Gasteiger partial charge in [-0.2, -0.15) is 13.2 Å². The Morgan fingerprint density at radius 1 is 1.24 bits per heavy atom. The number of carbonyl (C=O) groups is 1. The molecule has 1 N–H and O–H groups in total. The van der Waals surface area contributed by atoms with Gasteiger partial charge in [-0.3, -0.25) is 4.79 Å². The van der Waals surface area contributed by atoms with Crippen molar-refractivity contribution in [2.24, 2.45) is 0 Å². The minimum atomic E-state index is -4.29. The summed E-state index contributed by atoms with van der Waals surface area (Å²) in [5.41, 5.74) is 1.53. The fourth-order valence-corrected chi connectivity index (χ4v) is 1.53. The molecule has 0 bridgehead atoms. The smallest absolute Gasteiger partial charge is 0.326 e. The first kappa shape index (κ1) is 14.0. The summed E-state index contributed by atoms with van der Waals surface area (Å²) in [7, 11) is 0. The quantitative estimate of drug-likeness (QED) is 0.841. The Labute approximate surface area is 105 Å². The normalized spacial score (nSPS) is 11.3. The molecule has 0 aliphatic carbocycles. The second-order valence-electron chi connectivity index (χ2n) is 3.49. The predicted molar refractivity (Wildman–Crippen MR) is 63.0 cm³/mol. The van der Waals surface area contributed by atoms with Crippen LogP contribution in [0.25, 0.3) is 0 Å². The summed E-state index contributed by atoms with van der Waals surface area (Å²) in [6, 6.07) is 6.88. The zero-order valence-corrected chi connectivity index (χ0v) is 10.4. The molecule has 0 unspecified atom stereocenters. The maximum absolute atomic E-state index is 11.9. The molecule has 1 aromatic carbocycles. The summed E-state index contributed by atoms with van der Waals surface area (Å²) in [5.74, 6) is -0.631. The lowest BCUT2D eigenvalue weighted by Crippen LogP contribution is -2.16. The Balaban J connectivity index is 2.45. The van der Waals surface area contributed by atoms with E-state index in [9.17, 15) is 18.0 Å². The molecule has 0 atom stereocenters. The molecule has 1 amide bonds. The van der Waals surface area contributed by atoms with E-state index in [1.54, 1.807) is 24.3 Å². The van der Waals surface area contributed by atoms with Crippen LogP contribution >= 0.6 is 15.9 Å². The lowest BCUT2D eigenvalue weighted by molar-refractivity contribution is -0.142. The summed E-state index contributed by atoms with van der Waals surface area (Å²) < 4.78 is 35.6. The lowest BCUT2D eigenvalue weighted by Gasteiger charge is -2.07. The largest absolute Gasteiger partial charge is 0.389 e. The monoisotopic (exact) mass is 309 g/mol. The molecule has 1 rings (SSSR count). The molecule has 0 fully saturated rings. The Bertz CT molecular complexity index is 375. The van der Waals surface area contributed by atoms with Crippen molar-refractivity contribution in [1.29, 1.82) is 0 Å². The van der Waals surface area contributed by atoms with Crippen LogP contribution in [-0.2, 0) is 10.1 Å². The molecule has 0 aliphatic rings. The molecule has 0 aliphatic heterocycles. The van der Waals surface area contributed by atoms with E-state index in [-0.39, 0.29) is 0 Å². The number of hydrogen-bond donors (Lipinski definition) is 1. The number of nitrogens with one attached hydrogen (secondary N) is 1. The molecule has 94 valence electrons. The summed E-state index contributed by atoms with van der Waals surface area (Å²) in [6.07, 6.45) is -5.95. The first-order chi connectivity index (χ1) is 7.90. The van der Waals surface area contributed by atoms with Crippen molar-refractivity contribution in [3.05, 3.63) is 29.8 Å². The van der Waals surface area contributed by atoms with Gasteiger partial charge in [0.2, 0.25) is 5.91 Å². The van der Waals surface area contributed by atoms with Gasteiger partial charge in [-0.1, -0.05) is 28.1 Å². The Kier molecular flexibility index (Phi) is 4.99. The number of amides is 1. The predicted octanol–water partition coefficient (Wildman–Crippen LogP) is 3.86. The van der Waals surface area contributed by atoms with Gasteiger partial charge in [-0.05, 0) is 17.7 Å². The van der Waals surface area contributed by atoms with Crippen LogP contribution in [0.2, 0.25) is 0 Å². The Hall–Kier alpha value is -1.04. The van der Waals surface area contributed by atoms with Crippen LogP contribution in [0, 0.1) is 0 Å². The molecule has 0 saturated carbocycles. The summed E-state index contributed by atoms with van der Waals surface area (Å²) >= 11 is 3.27. The molecule has 1 aromatic rings. The maximum atomic E-state index is 11.9. The lowest BCUT2D eigenvalue weighted by atomic mass is 10.2. The number of carbonyl (C=O) groups excluding carboxylic acids is 1. The SMILES string of the molecule is O=C(CCC(F)(F)F)Nc1ccc(CBr)cc1. The molecule has 0 saturated heterocycles. The van der Waals surface area contributed by atoms with Gasteiger partial charge in [0, 0.05) is 17.4 Å². The fourth-order valence-electron chi connectivity index (χ4n) is 1.16. The van der Waals surface area contributed by atoms with Crippen molar-refractivity contribution in [3.8, 4) is 0 Å². The number of anilines is 1. The maximum Gasteiger partial charge on any atom is 0.389 e. The number of rotatable bonds is 4. The average molecular weight is 310 g/mol. The van der Waals surface area contributed by atoms with Crippen molar-refractivity contribution >= 4 is 27.5 Å². The van der Waals surface area contributed by atoms with E-state index in [0.717, 1.165) is 5.56 Å². The standard InChI is InChI=1S/C11H11BrF3NO/c12-7-8-1-3-9(4-2-8)16-10(17)5-6-11(13,14)15/h1-4H,5-7H2,(H,16,17). The third-order valence-electron chi connectivity index (χ3n) is 2.03. The fraction of sp³-hybridized carbons (Fsp3) is 0.364. The first-order valence-corrected chi connectivity index (χ1v) is 6.04.